The molecule has 2 N–H and O–H groups in total. The fraction of sp³-hybridized carbons (Fsp3) is 0.296. The monoisotopic (exact) mass is 539 g/mol. The number of carbonyl (C=O) groups is 3. The van der Waals surface area contributed by atoms with Crippen molar-refractivity contribution >= 4 is 40.2 Å². The van der Waals surface area contributed by atoms with Crippen molar-refractivity contribution in [3.63, 3.8) is 0 Å². The molecule has 38 heavy (non-hydrogen) atoms. The number of nitrogens with zero attached hydrogens (tertiary/aromatic N) is 2. The largest absolute Gasteiger partial charge is 0.476 e. The van der Waals surface area contributed by atoms with E-state index in [-0.39, 0.29) is 10.8 Å². The summed E-state index contributed by atoms with van der Waals surface area (Å²) in [6.45, 7) is 7.97. The molecule has 0 radical (unpaired) electrons. The van der Waals surface area contributed by atoms with Crippen LogP contribution < -0.4 is 5.32 Å². The lowest BCUT2D eigenvalue weighted by molar-refractivity contribution is -0.172. The number of aromatic nitrogens is 1. The Hall–Kier alpha value is -4.25. The van der Waals surface area contributed by atoms with Gasteiger partial charge in [0, 0.05) is 5.38 Å². The maximum absolute atomic E-state index is 13.1. The average Bonchev–Trinajstić information content (AvgIpc) is 3.29. The van der Waals surface area contributed by atoms with Crippen LogP contribution >= 0.6 is 11.3 Å². The second kappa shape index (κ2) is 11.9. The molecule has 0 atom stereocenters. The van der Waals surface area contributed by atoms with Gasteiger partial charge in [-0.05, 0) is 45.7 Å². The van der Waals surface area contributed by atoms with E-state index in [0.29, 0.717) is 0 Å². The third kappa shape index (κ3) is 7.87. The quantitative estimate of drug-likeness (QED) is 0.209. The molecule has 0 spiro atoms. The Kier molecular flexibility index (Phi) is 8.84. The number of anilines is 1. The van der Waals surface area contributed by atoms with Crippen LogP contribution in [0, 0.1) is 0 Å². The molecule has 0 saturated heterocycles. The van der Waals surface area contributed by atoms with Crippen molar-refractivity contribution in [3.8, 4) is 0 Å². The average molecular weight is 540 g/mol. The van der Waals surface area contributed by atoms with E-state index >= 15 is 0 Å². The van der Waals surface area contributed by atoms with Crippen LogP contribution in [0.1, 0.15) is 57.5 Å². The number of amides is 1. The van der Waals surface area contributed by atoms with E-state index in [0.717, 1.165) is 22.5 Å². The molecule has 0 fully saturated rings. The zero-order valence-corrected chi connectivity index (χ0v) is 22.4. The molecule has 0 bridgehead atoms. The highest BCUT2D eigenvalue weighted by Gasteiger charge is 2.36. The van der Waals surface area contributed by atoms with E-state index in [9.17, 15) is 19.5 Å². The maximum atomic E-state index is 13.1. The first-order chi connectivity index (χ1) is 17.9. The molecule has 0 unspecified atom stereocenters. The third-order valence-electron chi connectivity index (χ3n) is 4.84. The molecule has 11 heteroatoms. The Labute approximate surface area is 224 Å². The minimum absolute atomic E-state index is 0.0656. The van der Waals surface area contributed by atoms with E-state index in [2.05, 4.69) is 15.5 Å². The fourth-order valence-electron chi connectivity index (χ4n) is 3.06. The van der Waals surface area contributed by atoms with E-state index in [1.54, 1.807) is 20.8 Å². The summed E-state index contributed by atoms with van der Waals surface area (Å²) in [6, 6.07) is 18.4. The van der Waals surface area contributed by atoms with Crippen molar-refractivity contribution in [1.29, 1.82) is 0 Å². The van der Waals surface area contributed by atoms with Crippen LogP contribution in [-0.4, -0.2) is 45.0 Å². The standard InChI is InChI=1S/C27H29N3O7S/c1-26(2,3)36-25(34)29-24-28-19(16-38-24)20(22(31)32)30-37-27(4,5)23(33)35-21(17-12-8-6-9-13-17)18-14-10-7-11-15-18/h6-16,21H,1-5H3,(H,31,32)(H,28,29,34). The number of aliphatic carboxylic acids is 1. The summed E-state index contributed by atoms with van der Waals surface area (Å²) in [5.74, 6) is -2.19. The van der Waals surface area contributed by atoms with Gasteiger partial charge in [0.2, 0.25) is 11.3 Å². The molecule has 0 aliphatic rings. The molecule has 3 aromatic rings. The van der Waals surface area contributed by atoms with Crippen LogP contribution in [-0.2, 0) is 23.9 Å². The second-order valence-electron chi connectivity index (χ2n) is 9.62. The molecular weight excluding hydrogens is 510 g/mol. The van der Waals surface area contributed by atoms with Gasteiger partial charge in [0.05, 0.1) is 0 Å². The van der Waals surface area contributed by atoms with Gasteiger partial charge >= 0.3 is 18.0 Å². The Balaban J connectivity index is 1.76. The highest BCUT2D eigenvalue weighted by Crippen LogP contribution is 2.28. The molecule has 0 aliphatic carbocycles. The Morgan fingerprint density at radius 1 is 0.947 bits per heavy atom. The van der Waals surface area contributed by atoms with Crippen LogP contribution in [0.3, 0.4) is 0 Å². The fourth-order valence-corrected chi connectivity index (χ4v) is 3.74. The molecule has 1 heterocycles. The summed E-state index contributed by atoms with van der Waals surface area (Å²) in [7, 11) is 0. The zero-order chi connectivity index (χ0) is 27.9. The van der Waals surface area contributed by atoms with Gasteiger partial charge in [-0.15, -0.1) is 11.3 Å². The van der Waals surface area contributed by atoms with Crippen LogP contribution in [0.15, 0.2) is 71.2 Å². The molecular formula is C27H29N3O7S. The van der Waals surface area contributed by atoms with E-state index < -0.39 is 41.0 Å². The number of thiazole rings is 1. The first-order valence-corrected chi connectivity index (χ1v) is 12.5. The van der Waals surface area contributed by atoms with Crippen molar-refractivity contribution in [2.24, 2.45) is 5.16 Å². The predicted molar refractivity (Wildman–Crippen MR) is 142 cm³/mol. The first kappa shape index (κ1) is 28.3. The third-order valence-corrected chi connectivity index (χ3v) is 5.60. The summed E-state index contributed by atoms with van der Waals surface area (Å²) in [5.41, 5.74) is -1.47. The molecule has 10 nitrogen and oxygen atoms in total. The summed E-state index contributed by atoms with van der Waals surface area (Å²) < 4.78 is 11.0. The molecule has 200 valence electrons. The minimum Gasteiger partial charge on any atom is -0.476 e. The lowest BCUT2D eigenvalue weighted by Crippen LogP contribution is -2.37. The molecule has 0 aliphatic heterocycles. The van der Waals surface area contributed by atoms with Gasteiger partial charge in [-0.2, -0.15) is 0 Å². The van der Waals surface area contributed by atoms with Gasteiger partial charge in [-0.25, -0.2) is 19.4 Å². The smallest absolute Gasteiger partial charge is 0.413 e. The number of carboxylic acid groups (broad SMARTS) is 1. The summed E-state index contributed by atoms with van der Waals surface area (Å²) in [4.78, 5) is 46.5. The summed E-state index contributed by atoms with van der Waals surface area (Å²) in [6.07, 6.45) is -1.45. The first-order valence-electron chi connectivity index (χ1n) is 11.6. The van der Waals surface area contributed by atoms with E-state index in [4.69, 9.17) is 14.3 Å². The maximum Gasteiger partial charge on any atom is 0.413 e. The van der Waals surface area contributed by atoms with E-state index in [1.807, 2.05) is 60.7 Å². The minimum atomic E-state index is -1.64. The highest BCUT2D eigenvalue weighted by atomic mass is 32.1. The number of oxime groups is 1. The van der Waals surface area contributed by atoms with Crippen LogP contribution in [0.5, 0.6) is 0 Å². The molecule has 2 aromatic carbocycles. The zero-order valence-electron chi connectivity index (χ0n) is 21.6. The lowest BCUT2D eigenvalue weighted by atomic mass is 10.0. The normalized spacial score (nSPS) is 12.1. The lowest BCUT2D eigenvalue weighted by Gasteiger charge is -2.25. The number of esters is 1. The Bertz CT molecular complexity index is 1260. The highest BCUT2D eigenvalue weighted by molar-refractivity contribution is 7.14. The van der Waals surface area contributed by atoms with Crippen LogP contribution in [0.4, 0.5) is 9.93 Å². The number of rotatable bonds is 9. The van der Waals surface area contributed by atoms with Crippen molar-refractivity contribution in [1.82, 2.24) is 4.98 Å². The topological polar surface area (TPSA) is 136 Å². The van der Waals surface area contributed by atoms with Gasteiger partial charge < -0.3 is 19.4 Å². The number of hydrogen-bond acceptors (Lipinski definition) is 9. The number of ether oxygens (including phenoxy) is 2. The number of hydrogen-bond donors (Lipinski definition) is 2. The number of benzene rings is 2. The van der Waals surface area contributed by atoms with E-state index in [1.165, 1.54) is 19.2 Å². The predicted octanol–water partition coefficient (Wildman–Crippen LogP) is 5.41. The van der Waals surface area contributed by atoms with Crippen LogP contribution in [0.2, 0.25) is 0 Å². The molecule has 0 saturated carbocycles. The van der Waals surface area contributed by atoms with Crippen molar-refractivity contribution in [2.75, 3.05) is 5.32 Å². The number of nitrogens with one attached hydrogen (secondary N) is 1. The van der Waals surface area contributed by atoms with Gasteiger partial charge in [0.15, 0.2) is 11.2 Å². The van der Waals surface area contributed by atoms with Gasteiger partial charge in [-0.1, -0.05) is 65.8 Å². The summed E-state index contributed by atoms with van der Waals surface area (Å²) in [5, 5.41) is 17.3. The summed E-state index contributed by atoms with van der Waals surface area (Å²) >= 11 is 0.979. The van der Waals surface area contributed by atoms with Crippen molar-refractivity contribution in [2.45, 2.75) is 51.9 Å². The molecule has 3 rings (SSSR count). The Morgan fingerprint density at radius 2 is 1.50 bits per heavy atom. The van der Waals surface area contributed by atoms with Gasteiger partial charge in [0.25, 0.3) is 0 Å². The van der Waals surface area contributed by atoms with Gasteiger partial charge in [-0.3, -0.25) is 5.32 Å². The SMILES string of the molecule is CC(C)(C)OC(=O)Nc1nc(C(=NOC(C)(C)C(=O)OC(c2ccccc2)c2ccccc2)C(=O)O)cs1. The molecule has 1 aromatic heterocycles. The van der Waals surface area contributed by atoms with Crippen molar-refractivity contribution in [3.05, 3.63) is 82.9 Å². The second-order valence-corrected chi connectivity index (χ2v) is 10.5. The van der Waals surface area contributed by atoms with Crippen LogP contribution in [0.25, 0.3) is 0 Å². The van der Waals surface area contributed by atoms with Gasteiger partial charge in [0.1, 0.15) is 11.3 Å². The Morgan fingerprint density at radius 3 is 2.00 bits per heavy atom. The number of carboxylic acids is 1. The number of carbonyl (C=O) groups excluding carboxylic acids is 2. The molecule has 1 amide bonds. The van der Waals surface area contributed by atoms with Crippen molar-refractivity contribution < 1.29 is 33.8 Å².